The van der Waals surface area contributed by atoms with Crippen LogP contribution in [0.2, 0.25) is 0 Å². The summed E-state index contributed by atoms with van der Waals surface area (Å²) < 4.78 is 18.4. The summed E-state index contributed by atoms with van der Waals surface area (Å²) in [5.74, 6) is 0.354. The van der Waals surface area contributed by atoms with Crippen LogP contribution in [-0.4, -0.2) is 22.1 Å². The number of amides is 1. The number of hydrogen-bond acceptors (Lipinski definition) is 4. The van der Waals surface area contributed by atoms with E-state index in [1.54, 1.807) is 24.3 Å². The van der Waals surface area contributed by atoms with Crippen molar-refractivity contribution in [2.45, 2.75) is 19.9 Å². The third-order valence-electron chi connectivity index (χ3n) is 3.54. The molecule has 0 unspecified atom stereocenters. The monoisotopic (exact) mass is 351 g/mol. The predicted molar refractivity (Wildman–Crippen MR) is 96.5 cm³/mol. The van der Waals surface area contributed by atoms with Gasteiger partial charge in [-0.25, -0.2) is 4.39 Å². The van der Waals surface area contributed by atoms with E-state index in [9.17, 15) is 9.18 Å². The minimum Gasteiger partial charge on any atom is -0.438 e. The van der Waals surface area contributed by atoms with E-state index in [-0.39, 0.29) is 17.8 Å². The van der Waals surface area contributed by atoms with Crippen LogP contribution in [0.4, 0.5) is 4.39 Å². The van der Waals surface area contributed by atoms with E-state index in [0.29, 0.717) is 22.9 Å². The molecule has 0 atom stereocenters. The van der Waals surface area contributed by atoms with Gasteiger partial charge >= 0.3 is 0 Å². The number of ether oxygens (including phenoxy) is 1. The maximum Gasteiger partial charge on any atom is 0.251 e. The molecule has 1 N–H and O–H groups in total. The normalized spacial score (nSPS) is 10.6. The number of carbonyl (C=O) groups excluding carboxylic acids is 1. The number of halogens is 1. The van der Waals surface area contributed by atoms with Gasteiger partial charge in [0.05, 0.1) is 5.69 Å². The summed E-state index contributed by atoms with van der Waals surface area (Å²) in [5, 5.41) is 11.0. The van der Waals surface area contributed by atoms with Gasteiger partial charge in [0.15, 0.2) is 0 Å². The quantitative estimate of drug-likeness (QED) is 0.748. The summed E-state index contributed by atoms with van der Waals surface area (Å²) in [5.41, 5.74) is 2.09. The second kappa shape index (κ2) is 7.74. The first kappa shape index (κ1) is 17.5. The van der Waals surface area contributed by atoms with Crippen molar-refractivity contribution < 1.29 is 13.9 Å². The number of carbonyl (C=O) groups is 1. The Morgan fingerprint density at radius 1 is 0.962 bits per heavy atom. The van der Waals surface area contributed by atoms with Crippen LogP contribution >= 0.6 is 0 Å². The minimum absolute atomic E-state index is 0.0849. The fraction of sp³-hybridized carbons (Fsp3) is 0.150. The molecule has 0 bridgehead atoms. The van der Waals surface area contributed by atoms with E-state index in [4.69, 9.17) is 4.74 Å². The Kier molecular flexibility index (Phi) is 5.22. The van der Waals surface area contributed by atoms with Crippen molar-refractivity contribution in [2.24, 2.45) is 0 Å². The first-order chi connectivity index (χ1) is 12.5. The molecule has 0 aliphatic rings. The van der Waals surface area contributed by atoms with Crippen molar-refractivity contribution in [1.82, 2.24) is 15.5 Å². The summed E-state index contributed by atoms with van der Waals surface area (Å²) >= 11 is 0. The number of nitrogens with one attached hydrogen (secondary N) is 1. The molecule has 0 radical (unpaired) electrons. The molecule has 3 rings (SSSR count). The van der Waals surface area contributed by atoms with Crippen LogP contribution in [0.5, 0.6) is 11.6 Å². The molecule has 2 aromatic carbocycles. The van der Waals surface area contributed by atoms with Crippen molar-refractivity contribution in [2.75, 3.05) is 0 Å². The van der Waals surface area contributed by atoms with Crippen LogP contribution in [0, 0.1) is 5.82 Å². The van der Waals surface area contributed by atoms with Gasteiger partial charge in [-0.3, -0.25) is 4.79 Å². The number of aromatic nitrogens is 2. The van der Waals surface area contributed by atoms with Gasteiger partial charge in [-0.05, 0) is 56.3 Å². The molecular formula is C20H18FN3O2. The number of nitrogens with zero attached hydrogens (tertiary/aromatic N) is 2. The minimum atomic E-state index is -0.329. The zero-order chi connectivity index (χ0) is 18.5. The lowest BCUT2D eigenvalue weighted by Crippen LogP contribution is -2.29. The van der Waals surface area contributed by atoms with E-state index in [1.165, 1.54) is 24.3 Å². The zero-order valence-electron chi connectivity index (χ0n) is 14.4. The maximum absolute atomic E-state index is 12.9. The van der Waals surface area contributed by atoms with Gasteiger partial charge in [-0.1, -0.05) is 12.1 Å². The van der Waals surface area contributed by atoms with Crippen LogP contribution in [0.1, 0.15) is 24.2 Å². The third-order valence-corrected chi connectivity index (χ3v) is 3.54. The molecule has 0 spiro atoms. The van der Waals surface area contributed by atoms with Gasteiger partial charge in [-0.2, -0.15) is 0 Å². The lowest BCUT2D eigenvalue weighted by atomic mass is 10.1. The van der Waals surface area contributed by atoms with Crippen LogP contribution in [0.25, 0.3) is 11.3 Å². The van der Waals surface area contributed by atoms with E-state index in [0.717, 1.165) is 5.56 Å². The van der Waals surface area contributed by atoms with E-state index in [2.05, 4.69) is 15.5 Å². The SMILES string of the molecule is CC(C)NC(=O)c1ccc(-c2ccc(Oc3ccc(F)cc3)nn2)cc1. The lowest BCUT2D eigenvalue weighted by molar-refractivity contribution is 0.0943. The molecule has 3 aromatic rings. The molecule has 0 aliphatic heterocycles. The van der Waals surface area contributed by atoms with Crippen molar-refractivity contribution >= 4 is 5.91 Å². The standard InChI is InChI=1S/C20H18FN3O2/c1-13(2)22-20(25)15-5-3-14(4-6-15)18-11-12-19(24-23-18)26-17-9-7-16(21)8-10-17/h3-13H,1-2H3,(H,22,25). The highest BCUT2D eigenvalue weighted by molar-refractivity contribution is 5.94. The molecule has 6 heteroatoms. The van der Waals surface area contributed by atoms with Crippen LogP contribution in [0.15, 0.2) is 60.7 Å². The van der Waals surface area contributed by atoms with E-state index < -0.39 is 0 Å². The van der Waals surface area contributed by atoms with Crippen molar-refractivity contribution in [3.8, 4) is 22.9 Å². The molecule has 5 nitrogen and oxygen atoms in total. The number of benzene rings is 2. The highest BCUT2D eigenvalue weighted by Gasteiger charge is 2.08. The van der Waals surface area contributed by atoms with Gasteiger partial charge in [0.1, 0.15) is 11.6 Å². The second-order valence-electron chi connectivity index (χ2n) is 6.02. The molecule has 1 amide bonds. The molecule has 1 aromatic heterocycles. The molecule has 26 heavy (non-hydrogen) atoms. The Morgan fingerprint density at radius 3 is 2.23 bits per heavy atom. The molecule has 0 saturated carbocycles. The van der Waals surface area contributed by atoms with Crippen LogP contribution in [0.3, 0.4) is 0 Å². The number of rotatable bonds is 5. The van der Waals surface area contributed by atoms with Crippen molar-refractivity contribution in [3.05, 3.63) is 72.0 Å². The fourth-order valence-electron chi connectivity index (χ4n) is 2.29. The van der Waals surface area contributed by atoms with Crippen molar-refractivity contribution in [1.29, 1.82) is 0 Å². The van der Waals surface area contributed by atoms with E-state index >= 15 is 0 Å². The van der Waals surface area contributed by atoms with Crippen molar-refractivity contribution in [3.63, 3.8) is 0 Å². The summed E-state index contributed by atoms with van der Waals surface area (Å²) in [7, 11) is 0. The summed E-state index contributed by atoms with van der Waals surface area (Å²) in [4.78, 5) is 12.0. The molecule has 0 saturated heterocycles. The first-order valence-electron chi connectivity index (χ1n) is 8.20. The van der Waals surface area contributed by atoms with Gasteiger partial charge < -0.3 is 10.1 Å². The Hall–Kier alpha value is -3.28. The molecule has 132 valence electrons. The Morgan fingerprint density at radius 2 is 1.65 bits per heavy atom. The van der Waals surface area contributed by atoms with Gasteiger partial charge in [0.2, 0.25) is 5.88 Å². The Balaban J connectivity index is 1.70. The molecule has 1 heterocycles. The molecule has 0 aliphatic carbocycles. The molecular weight excluding hydrogens is 333 g/mol. The van der Waals surface area contributed by atoms with Crippen LogP contribution in [-0.2, 0) is 0 Å². The Bertz CT molecular complexity index is 876. The average Bonchev–Trinajstić information content (AvgIpc) is 2.64. The number of hydrogen-bond donors (Lipinski definition) is 1. The summed E-state index contributed by atoms with van der Waals surface area (Å²) in [6, 6.07) is 16.3. The smallest absolute Gasteiger partial charge is 0.251 e. The highest BCUT2D eigenvalue weighted by Crippen LogP contribution is 2.22. The topological polar surface area (TPSA) is 64.1 Å². The zero-order valence-corrected chi connectivity index (χ0v) is 14.4. The lowest BCUT2D eigenvalue weighted by Gasteiger charge is -2.09. The summed E-state index contributed by atoms with van der Waals surface area (Å²) in [6.07, 6.45) is 0. The van der Waals surface area contributed by atoms with Gasteiger partial charge in [-0.15, -0.1) is 10.2 Å². The highest BCUT2D eigenvalue weighted by atomic mass is 19.1. The third kappa shape index (κ3) is 4.42. The Labute approximate surface area is 150 Å². The van der Waals surface area contributed by atoms with Gasteiger partial charge in [0.25, 0.3) is 5.91 Å². The average molecular weight is 351 g/mol. The van der Waals surface area contributed by atoms with Gasteiger partial charge in [0, 0.05) is 23.2 Å². The second-order valence-corrected chi connectivity index (χ2v) is 6.02. The maximum atomic E-state index is 12.9. The predicted octanol–water partition coefficient (Wildman–Crippen LogP) is 4.21. The largest absolute Gasteiger partial charge is 0.438 e. The summed E-state index contributed by atoms with van der Waals surface area (Å²) in [6.45, 7) is 3.83. The van der Waals surface area contributed by atoms with E-state index in [1.807, 2.05) is 26.0 Å². The molecule has 0 fully saturated rings. The first-order valence-corrected chi connectivity index (χ1v) is 8.20. The van der Waals surface area contributed by atoms with Crippen LogP contribution < -0.4 is 10.1 Å². The fourth-order valence-corrected chi connectivity index (χ4v) is 2.29.